The van der Waals surface area contributed by atoms with Gasteiger partial charge in [-0.05, 0) is 194 Å². The van der Waals surface area contributed by atoms with Crippen LogP contribution in [0.25, 0.3) is 66.6 Å². The van der Waals surface area contributed by atoms with Crippen LogP contribution in [0.5, 0.6) is 0 Å². The molecule has 8 aromatic rings. The lowest BCUT2D eigenvalue weighted by Gasteiger charge is -2.25. The monoisotopic (exact) mass is 890 g/mol. The quantitative estimate of drug-likeness (QED) is 0.153. The second kappa shape index (κ2) is 19.2. The van der Waals surface area contributed by atoms with E-state index in [1.165, 1.54) is 150 Å². The standard InChI is InChI=1S/C42H37N.C15H17N.C8H13N/c1-5-11-31-19-20-34(26-39(31)37-15-7-6-12-29(37)3)32-13-10-14-33(25-32)35-21-23-42-40(27-35)38-16-8-9-17-41(38)43(42)36-22-18-28(2)30(4)24-36;1-10-6-7-12-11(9-10)14-13(15(12,2)3)5-4-8-16-14;1-3-7(4-1)8-5-2-6-9-8/h6-10,12-27H,5,11H2,1-4H3;6-9H,4-5H2,1-3H3;7H,1-6H2. The fraction of sp³-hybridized carbons (Fsp3) is 0.292. The zero-order valence-corrected chi connectivity index (χ0v) is 41.4. The normalized spacial score (nSPS) is 15.8. The molecule has 2 aliphatic heterocycles. The summed E-state index contributed by atoms with van der Waals surface area (Å²) in [6, 6.07) is 54.0. The van der Waals surface area contributed by atoms with Gasteiger partial charge < -0.3 is 4.57 Å². The van der Waals surface area contributed by atoms with E-state index in [-0.39, 0.29) is 5.41 Å². The molecule has 3 heteroatoms. The average molecular weight is 890 g/mol. The Bertz CT molecular complexity index is 3270. The van der Waals surface area contributed by atoms with Crippen molar-refractivity contribution in [2.24, 2.45) is 15.9 Å². The fourth-order valence-corrected chi connectivity index (χ4v) is 11.1. The first kappa shape index (κ1) is 45.2. The van der Waals surface area contributed by atoms with Gasteiger partial charge in [0.05, 0.1) is 16.7 Å². The molecule has 3 nitrogen and oxygen atoms in total. The van der Waals surface area contributed by atoms with E-state index >= 15 is 0 Å². The Morgan fingerprint density at radius 2 is 1.34 bits per heavy atom. The van der Waals surface area contributed by atoms with Gasteiger partial charge in [-0.1, -0.05) is 136 Å². The van der Waals surface area contributed by atoms with Gasteiger partial charge >= 0.3 is 0 Å². The van der Waals surface area contributed by atoms with E-state index in [4.69, 9.17) is 0 Å². The molecule has 68 heavy (non-hydrogen) atoms. The van der Waals surface area contributed by atoms with Gasteiger partial charge in [0.1, 0.15) is 0 Å². The Morgan fingerprint density at radius 1 is 0.588 bits per heavy atom. The van der Waals surface area contributed by atoms with Gasteiger partial charge in [0, 0.05) is 45.9 Å². The smallest absolute Gasteiger partial charge is 0.0702 e. The van der Waals surface area contributed by atoms with Crippen molar-refractivity contribution >= 4 is 39.4 Å². The highest BCUT2D eigenvalue weighted by Crippen LogP contribution is 2.49. The number of benzene rings is 7. The molecule has 0 spiro atoms. The lowest BCUT2D eigenvalue weighted by atomic mass is 9.79. The largest absolute Gasteiger partial charge is 0.309 e. The van der Waals surface area contributed by atoms with Crippen molar-refractivity contribution in [3.05, 3.63) is 190 Å². The van der Waals surface area contributed by atoms with E-state index < -0.39 is 0 Å². The van der Waals surface area contributed by atoms with E-state index in [2.05, 4.69) is 215 Å². The molecule has 1 saturated carbocycles. The van der Waals surface area contributed by atoms with E-state index in [9.17, 15) is 0 Å². The zero-order valence-electron chi connectivity index (χ0n) is 41.4. The molecule has 0 unspecified atom stereocenters. The predicted octanol–water partition coefficient (Wildman–Crippen LogP) is 17.5. The summed E-state index contributed by atoms with van der Waals surface area (Å²) in [7, 11) is 0. The number of rotatable bonds is 7. The number of aromatic nitrogens is 1. The van der Waals surface area contributed by atoms with E-state index in [1.54, 1.807) is 5.71 Å². The van der Waals surface area contributed by atoms with Crippen molar-refractivity contribution in [2.75, 3.05) is 6.54 Å². The molecule has 0 N–H and O–H groups in total. The maximum Gasteiger partial charge on any atom is 0.0702 e. The van der Waals surface area contributed by atoms with Crippen LogP contribution in [0, 0.1) is 33.6 Å². The minimum absolute atomic E-state index is 0.177. The molecule has 2 aliphatic carbocycles. The van der Waals surface area contributed by atoms with Crippen molar-refractivity contribution in [1.29, 1.82) is 0 Å². The SMILES string of the molecule is C1CN=C(C2CCC2)C1.CCCc1ccc(-c2cccc(-c3ccc4c(c3)c3ccccc3n4-c3ccc(C)c(C)c3)c2)cc1-c1ccccc1C.Cc1ccc2c(c1)C1=C(CCC=N1)C2(C)C. The lowest BCUT2D eigenvalue weighted by molar-refractivity contribution is 0.410. The van der Waals surface area contributed by atoms with Gasteiger partial charge in [-0.3, -0.25) is 9.98 Å². The highest BCUT2D eigenvalue weighted by atomic mass is 15.0. The molecule has 0 radical (unpaired) electrons. The summed E-state index contributed by atoms with van der Waals surface area (Å²) in [5.74, 6) is 0.924. The maximum atomic E-state index is 4.62. The van der Waals surface area contributed by atoms with Gasteiger partial charge in [0.25, 0.3) is 0 Å². The topological polar surface area (TPSA) is 29.6 Å². The molecule has 12 rings (SSSR count). The second-order valence-corrected chi connectivity index (χ2v) is 20.3. The van der Waals surface area contributed by atoms with E-state index in [0.29, 0.717) is 0 Å². The number of hydrogen-bond acceptors (Lipinski definition) is 2. The number of para-hydroxylation sites is 1. The van der Waals surface area contributed by atoms with Crippen LogP contribution in [-0.4, -0.2) is 23.0 Å². The number of fused-ring (bicyclic) bond motifs is 5. The molecule has 342 valence electrons. The molecule has 0 saturated heterocycles. The highest BCUT2D eigenvalue weighted by Gasteiger charge is 2.38. The lowest BCUT2D eigenvalue weighted by Crippen LogP contribution is -2.19. The van der Waals surface area contributed by atoms with Crippen LogP contribution >= 0.6 is 0 Å². The first-order chi connectivity index (χ1) is 33.1. The summed E-state index contributed by atoms with van der Waals surface area (Å²) in [4.78, 5) is 9.10. The molecular weight excluding hydrogens is 823 g/mol. The minimum Gasteiger partial charge on any atom is -0.309 e. The van der Waals surface area contributed by atoms with Gasteiger partial charge in [0.2, 0.25) is 0 Å². The van der Waals surface area contributed by atoms with Crippen LogP contribution in [0.2, 0.25) is 0 Å². The summed E-state index contributed by atoms with van der Waals surface area (Å²) < 4.78 is 2.41. The molecule has 1 aromatic heterocycles. The van der Waals surface area contributed by atoms with Gasteiger partial charge in [-0.15, -0.1) is 0 Å². The minimum atomic E-state index is 0.177. The van der Waals surface area contributed by atoms with Gasteiger partial charge in [-0.2, -0.15) is 0 Å². The zero-order chi connectivity index (χ0) is 46.9. The third kappa shape index (κ3) is 8.73. The van der Waals surface area contributed by atoms with Crippen molar-refractivity contribution in [3.63, 3.8) is 0 Å². The van der Waals surface area contributed by atoms with E-state index in [0.717, 1.165) is 31.7 Å². The third-order valence-electron chi connectivity index (χ3n) is 15.4. The number of allylic oxidation sites excluding steroid dienone is 1. The average Bonchev–Trinajstić information content (AvgIpc) is 4.04. The maximum absolute atomic E-state index is 4.62. The van der Waals surface area contributed by atoms with Gasteiger partial charge in [-0.25, -0.2) is 0 Å². The third-order valence-corrected chi connectivity index (χ3v) is 15.4. The first-order valence-electron chi connectivity index (χ1n) is 25.4. The number of aliphatic imine (C=N–C) groups is 2. The van der Waals surface area contributed by atoms with Crippen LogP contribution < -0.4 is 0 Å². The summed E-state index contributed by atoms with van der Waals surface area (Å²) in [5.41, 5.74) is 25.3. The summed E-state index contributed by atoms with van der Waals surface area (Å²) in [5, 5.41) is 2.56. The van der Waals surface area contributed by atoms with Crippen molar-refractivity contribution in [1.82, 2.24) is 4.57 Å². The summed E-state index contributed by atoms with van der Waals surface area (Å²) in [6.45, 7) is 16.8. The molecule has 7 aromatic carbocycles. The van der Waals surface area contributed by atoms with Crippen LogP contribution in [0.4, 0.5) is 0 Å². The molecule has 0 amide bonds. The van der Waals surface area contributed by atoms with Crippen LogP contribution in [0.1, 0.15) is 111 Å². The Balaban J connectivity index is 0.000000173. The Hall–Kier alpha value is -6.58. The van der Waals surface area contributed by atoms with Crippen molar-refractivity contribution in [3.8, 4) is 39.1 Å². The molecule has 0 bridgehead atoms. The van der Waals surface area contributed by atoms with E-state index in [1.807, 2.05) is 0 Å². The molecular formula is C65H67N3. The number of nitrogens with zero attached hydrogens (tertiary/aromatic N) is 3. The number of hydrogen-bond donors (Lipinski definition) is 0. The predicted molar refractivity (Wildman–Crippen MR) is 293 cm³/mol. The van der Waals surface area contributed by atoms with Crippen molar-refractivity contribution < 1.29 is 0 Å². The molecule has 4 aliphatic rings. The first-order valence-corrected chi connectivity index (χ1v) is 25.4. The molecule has 1 fully saturated rings. The Kier molecular flexibility index (Phi) is 12.8. The fourth-order valence-electron chi connectivity index (χ4n) is 11.1. The highest BCUT2D eigenvalue weighted by molar-refractivity contribution is 6.10. The molecule has 3 heterocycles. The van der Waals surface area contributed by atoms with Gasteiger partial charge in [0.15, 0.2) is 0 Å². The molecule has 0 atom stereocenters. The van der Waals surface area contributed by atoms with Crippen LogP contribution in [0.15, 0.2) is 161 Å². The van der Waals surface area contributed by atoms with Crippen molar-refractivity contribution in [2.45, 2.75) is 112 Å². The summed E-state index contributed by atoms with van der Waals surface area (Å²) >= 11 is 0. The van der Waals surface area contributed by atoms with Crippen LogP contribution in [-0.2, 0) is 11.8 Å². The number of aryl methyl sites for hydroxylation is 5. The Labute approximate surface area is 405 Å². The summed E-state index contributed by atoms with van der Waals surface area (Å²) in [6.07, 6.45) is 13.5. The second-order valence-electron chi connectivity index (χ2n) is 20.3. The Morgan fingerprint density at radius 3 is 2.09 bits per heavy atom. The van der Waals surface area contributed by atoms with Crippen LogP contribution in [0.3, 0.4) is 0 Å².